The summed E-state index contributed by atoms with van der Waals surface area (Å²) >= 11 is 0. The average molecular weight is 564 g/mol. The second kappa shape index (κ2) is 9.75. The number of H-pyrrole nitrogens is 1. The number of nitrogens with one attached hydrogen (secondary N) is 1. The molecule has 0 saturated carbocycles. The molecule has 5 nitrogen and oxygen atoms in total. The number of para-hydroxylation sites is 2. The first-order valence-corrected chi connectivity index (χ1v) is 14.7. The predicted octanol–water partition coefficient (Wildman–Crippen LogP) is 9.58. The molecule has 0 atom stereocenters. The molecule has 0 aliphatic carbocycles. The number of hydrogen-bond donors (Lipinski definition) is 1. The van der Waals surface area contributed by atoms with Crippen LogP contribution in [-0.4, -0.2) is 24.3 Å². The van der Waals surface area contributed by atoms with E-state index in [0.29, 0.717) is 17.5 Å². The van der Waals surface area contributed by atoms with Crippen LogP contribution < -0.4 is 0 Å². The molecule has 0 fully saturated rings. The number of aromatic nitrogens is 5. The van der Waals surface area contributed by atoms with Crippen LogP contribution in [0.1, 0.15) is 0 Å². The van der Waals surface area contributed by atoms with Gasteiger partial charge in [0.2, 0.25) is 0 Å². The first-order valence-electron chi connectivity index (χ1n) is 14.7. The molecule has 0 saturated heterocycles. The summed E-state index contributed by atoms with van der Waals surface area (Å²) in [6.45, 7) is 0. The monoisotopic (exact) mass is 563 g/mol. The van der Waals surface area contributed by atoms with Gasteiger partial charge in [-0.25, -0.2) is 15.0 Å². The maximum Gasteiger partial charge on any atom is 0.164 e. The fourth-order valence-electron chi connectivity index (χ4n) is 6.35. The highest BCUT2D eigenvalue weighted by Crippen LogP contribution is 2.40. The van der Waals surface area contributed by atoms with Crippen LogP contribution >= 0.6 is 0 Å². The number of fused-ring (bicyclic) bond motifs is 7. The maximum absolute atomic E-state index is 4.93. The summed E-state index contributed by atoms with van der Waals surface area (Å²) in [6, 6.07) is 48.1. The molecule has 0 unspecified atom stereocenters. The molecular weight excluding hydrogens is 538 g/mol. The average Bonchev–Trinajstić information content (AvgIpc) is 3.65. The summed E-state index contributed by atoms with van der Waals surface area (Å²) in [7, 11) is 0. The van der Waals surface area contributed by atoms with Gasteiger partial charge in [-0.2, -0.15) is 0 Å². The standard InChI is InChI=1S/C39H25N5/c1-3-11-26(12-4-1)37-41-38(27-13-5-2-6-14-27)43-39(42-37)28-21-19-25(20-22-28)34-31-16-8-10-18-33(31)44-24-23-30-29-15-7-9-17-32(29)40-35(30)36(34)44/h1-24,40H. The highest BCUT2D eigenvalue weighted by Gasteiger charge is 2.19. The van der Waals surface area contributed by atoms with Crippen molar-refractivity contribution in [3.63, 3.8) is 0 Å². The van der Waals surface area contributed by atoms with Crippen molar-refractivity contribution in [2.75, 3.05) is 0 Å². The Morgan fingerprint density at radius 2 is 0.955 bits per heavy atom. The van der Waals surface area contributed by atoms with E-state index >= 15 is 0 Å². The van der Waals surface area contributed by atoms with Gasteiger partial charge in [0.1, 0.15) is 0 Å². The second-order valence-corrected chi connectivity index (χ2v) is 11.0. The van der Waals surface area contributed by atoms with Crippen LogP contribution in [0.25, 0.3) is 83.5 Å². The van der Waals surface area contributed by atoms with Crippen molar-refractivity contribution in [1.29, 1.82) is 0 Å². The van der Waals surface area contributed by atoms with E-state index in [1.807, 2.05) is 60.7 Å². The lowest BCUT2D eigenvalue weighted by Crippen LogP contribution is -2.00. The van der Waals surface area contributed by atoms with Crippen molar-refractivity contribution in [2.24, 2.45) is 0 Å². The fourth-order valence-corrected chi connectivity index (χ4v) is 6.35. The zero-order valence-electron chi connectivity index (χ0n) is 23.6. The molecule has 9 aromatic rings. The number of nitrogens with zero attached hydrogens (tertiary/aromatic N) is 4. The Morgan fingerprint density at radius 1 is 0.432 bits per heavy atom. The molecule has 4 heterocycles. The van der Waals surface area contributed by atoms with E-state index in [0.717, 1.165) is 33.3 Å². The van der Waals surface area contributed by atoms with Crippen LogP contribution in [0.4, 0.5) is 0 Å². The van der Waals surface area contributed by atoms with Crippen LogP contribution in [0.15, 0.2) is 146 Å². The first-order chi connectivity index (χ1) is 21.8. The Kier molecular flexibility index (Phi) is 5.43. The van der Waals surface area contributed by atoms with E-state index in [4.69, 9.17) is 15.0 Å². The summed E-state index contributed by atoms with van der Waals surface area (Å²) in [4.78, 5) is 18.4. The molecule has 9 rings (SSSR count). The normalized spacial score (nSPS) is 11.6. The van der Waals surface area contributed by atoms with Crippen LogP contribution in [-0.2, 0) is 0 Å². The lowest BCUT2D eigenvalue weighted by atomic mass is 10.0. The van der Waals surface area contributed by atoms with Crippen molar-refractivity contribution in [3.8, 4) is 45.3 Å². The van der Waals surface area contributed by atoms with Gasteiger partial charge in [0.05, 0.1) is 16.6 Å². The summed E-state index contributed by atoms with van der Waals surface area (Å²) in [5, 5.41) is 3.67. The van der Waals surface area contributed by atoms with E-state index in [2.05, 4.69) is 94.4 Å². The third kappa shape index (κ3) is 3.83. The van der Waals surface area contributed by atoms with Crippen molar-refractivity contribution in [2.45, 2.75) is 0 Å². The lowest BCUT2D eigenvalue weighted by Gasteiger charge is -2.09. The van der Waals surface area contributed by atoms with Gasteiger partial charge in [-0.05, 0) is 23.8 Å². The highest BCUT2D eigenvalue weighted by atomic mass is 15.0. The third-order valence-electron chi connectivity index (χ3n) is 8.42. The largest absolute Gasteiger partial charge is 0.353 e. The van der Waals surface area contributed by atoms with E-state index in [-0.39, 0.29) is 0 Å². The lowest BCUT2D eigenvalue weighted by molar-refractivity contribution is 1.07. The van der Waals surface area contributed by atoms with Gasteiger partial charge in [0.25, 0.3) is 0 Å². The molecule has 0 bridgehead atoms. The minimum atomic E-state index is 0.647. The molecule has 0 radical (unpaired) electrons. The molecule has 1 N–H and O–H groups in total. The fraction of sp³-hybridized carbons (Fsp3) is 0. The van der Waals surface area contributed by atoms with E-state index in [9.17, 15) is 0 Å². The molecule has 4 aromatic heterocycles. The number of benzene rings is 5. The van der Waals surface area contributed by atoms with Crippen molar-refractivity contribution < 1.29 is 0 Å². The van der Waals surface area contributed by atoms with Crippen molar-refractivity contribution >= 4 is 38.2 Å². The van der Waals surface area contributed by atoms with Gasteiger partial charge >= 0.3 is 0 Å². The topological polar surface area (TPSA) is 58.9 Å². The second-order valence-electron chi connectivity index (χ2n) is 11.0. The first kappa shape index (κ1) is 24.5. The third-order valence-corrected chi connectivity index (χ3v) is 8.42. The smallest absolute Gasteiger partial charge is 0.164 e. The van der Waals surface area contributed by atoms with Crippen LogP contribution in [0.2, 0.25) is 0 Å². The minimum Gasteiger partial charge on any atom is -0.353 e. The Balaban J connectivity index is 1.24. The Morgan fingerprint density at radius 3 is 1.61 bits per heavy atom. The van der Waals surface area contributed by atoms with Crippen LogP contribution in [0.5, 0.6) is 0 Å². The summed E-state index contributed by atoms with van der Waals surface area (Å²) in [5.74, 6) is 1.96. The van der Waals surface area contributed by atoms with Gasteiger partial charge in [0, 0.05) is 50.1 Å². The van der Waals surface area contributed by atoms with Gasteiger partial charge in [0.15, 0.2) is 17.5 Å². The molecule has 0 amide bonds. The minimum absolute atomic E-state index is 0.647. The van der Waals surface area contributed by atoms with E-state index in [1.165, 1.54) is 32.8 Å². The number of aromatic amines is 1. The van der Waals surface area contributed by atoms with Crippen molar-refractivity contribution in [1.82, 2.24) is 24.3 Å². The van der Waals surface area contributed by atoms with Gasteiger partial charge in [-0.1, -0.05) is 121 Å². The summed E-state index contributed by atoms with van der Waals surface area (Å²) < 4.78 is 2.31. The predicted molar refractivity (Wildman–Crippen MR) is 179 cm³/mol. The Bertz CT molecular complexity index is 2420. The molecule has 5 aromatic carbocycles. The van der Waals surface area contributed by atoms with E-state index < -0.39 is 0 Å². The Hall–Kier alpha value is -6.07. The molecule has 5 heteroatoms. The Labute approximate surface area is 253 Å². The molecule has 0 spiro atoms. The summed E-state index contributed by atoms with van der Waals surface area (Å²) in [6.07, 6.45) is 2.19. The number of rotatable bonds is 4. The summed E-state index contributed by atoms with van der Waals surface area (Å²) in [5.41, 5.74) is 9.83. The van der Waals surface area contributed by atoms with Gasteiger partial charge in [-0.3, -0.25) is 0 Å². The van der Waals surface area contributed by atoms with Gasteiger partial charge < -0.3 is 9.38 Å². The molecule has 0 aliphatic rings. The molecule has 206 valence electrons. The maximum atomic E-state index is 4.93. The highest BCUT2D eigenvalue weighted by molar-refractivity contribution is 6.19. The van der Waals surface area contributed by atoms with Crippen LogP contribution in [0, 0.1) is 0 Å². The SMILES string of the molecule is c1ccc(-c2nc(-c3ccccc3)nc(-c3ccc(-c4c5ccccc5n5ccc6c7ccccc7[nH]c6c45)cc3)n2)cc1. The zero-order valence-corrected chi connectivity index (χ0v) is 23.6. The number of hydrogen-bond acceptors (Lipinski definition) is 3. The number of pyridine rings is 1. The van der Waals surface area contributed by atoms with Crippen LogP contribution in [0.3, 0.4) is 0 Å². The molecular formula is C39H25N5. The quantitative estimate of drug-likeness (QED) is 0.232. The van der Waals surface area contributed by atoms with Gasteiger partial charge in [-0.15, -0.1) is 0 Å². The zero-order chi connectivity index (χ0) is 29.0. The molecule has 0 aliphatic heterocycles. The van der Waals surface area contributed by atoms with E-state index in [1.54, 1.807) is 0 Å². The van der Waals surface area contributed by atoms with Crippen molar-refractivity contribution in [3.05, 3.63) is 146 Å². The molecule has 44 heavy (non-hydrogen) atoms.